The number of ether oxygens (including phenoxy) is 5. The van der Waals surface area contributed by atoms with Gasteiger partial charge in [-0.05, 0) is 55.5 Å². The van der Waals surface area contributed by atoms with Crippen molar-refractivity contribution in [3.8, 4) is 0 Å². The lowest BCUT2D eigenvalue weighted by atomic mass is 9.81. The maximum absolute atomic E-state index is 13.3. The number of rotatable bonds is 10. The molecular formula is C35H30O9. The van der Waals surface area contributed by atoms with Gasteiger partial charge in [-0.2, -0.15) is 0 Å². The average Bonchev–Trinajstić information content (AvgIpc) is 3.33. The number of carbonyl (C=O) groups excluding carboxylic acids is 4. The van der Waals surface area contributed by atoms with Gasteiger partial charge in [-0.25, -0.2) is 19.2 Å². The maximum atomic E-state index is 13.3. The minimum absolute atomic E-state index is 0.250. The van der Waals surface area contributed by atoms with Crippen LogP contribution < -0.4 is 0 Å². The molecule has 4 atom stereocenters. The quantitative estimate of drug-likeness (QED) is 0.173. The van der Waals surface area contributed by atoms with E-state index in [-0.39, 0.29) is 24.3 Å². The first kappa shape index (κ1) is 30.2. The van der Waals surface area contributed by atoms with Crippen molar-refractivity contribution in [2.24, 2.45) is 5.41 Å². The highest BCUT2D eigenvalue weighted by molar-refractivity contribution is 5.91. The summed E-state index contributed by atoms with van der Waals surface area (Å²) in [7, 11) is 0. The molecule has 0 amide bonds. The lowest BCUT2D eigenvalue weighted by Gasteiger charge is -2.33. The minimum Gasteiger partial charge on any atom is -0.461 e. The molecule has 1 saturated heterocycles. The van der Waals surface area contributed by atoms with Gasteiger partial charge in [0.15, 0.2) is 6.10 Å². The van der Waals surface area contributed by atoms with Crippen LogP contribution in [0.2, 0.25) is 0 Å². The molecule has 224 valence electrons. The Morgan fingerprint density at radius 3 is 1.41 bits per heavy atom. The molecule has 4 aromatic carbocycles. The number of hydrogen-bond acceptors (Lipinski definition) is 9. The number of carbonyl (C=O) groups is 4. The Labute approximate surface area is 254 Å². The van der Waals surface area contributed by atoms with Crippen LogP contribution in [0.1, 0.15) is 48.4 Å². The van der Waals surface area contributed by atoms with Crippen molar-refractivity contribution in [2.45, 2.75) is 25.4 Å². The summed E-state index contributed by atoms with van der Waals surface area (Å²) >= 11 is 0. The third kappa shape index (κ3) is 7.02. The predicted molar refractivity (Wildman–Crippen MR) is 158 cm³/mol. The molecule has 0 aromatic heterocycles. The zero-order valence-corrected chi connectivity index (χ0v) is 23.9. The van der Waals surface area contributed by atoms with Crippen LogP contribution in [0.4, 0.5) is 0 Å². The van der Waals surface area contributed by atoms with Crippen LogP contribution in [-0.2, 0) is 23.7 Å². The molecule has 0 bridgehead atoms. The van der Waals surface area contributed by atoms with Crippen molar-refractivity contribution in [3.05, 3.63) is 144 Å². The standard InChI is InChI=1S/C35H30O9/c1-35(23-41-31(37)25-16-8-3-9-17-25)28(22-40-30(36)24-14-6-2-7-15-24)42-34(44-33(39)27-20-12-5-13-21-27)29(35)43-32(38)26-18-10-4-11-19-26/h2-21,28-29,34H,22-23H2,1H3. The molecule has 0 aliphatic carbocycles. The summed E-state index contributed by atoms with van der Waals surface area (Å²) in [5, 5.41) is 0. The Hall–Kier alpha value is -5.28. The second kappa shape index (κ2) is 13.8. The van der Waals surface area contributed by atoms with Crippen LogP contribution in [0, 0.1) is 5.41 Å². The molecule has 0 N–H and O–H groups in total. The molecule has 1 aliphatic rings. The minimum atomic E-state index is -1.42. The van der Waals surface area contributed by atoms with Crippen molar-refractivity contribution in [1.29, 1.82) is 0 Å². The van der Waals surface area contributed by atoms with E-state index in [4.69, 9.17) is 23.7 Å². The second-order valence-electron chi connectivity index (χ2n) is 10.4. The van der Waals surface area contributed by atoms with Crippen molar-refractivity contribution in [2.75, 3.05) is 13.2 Å². The van der Waals surface area contributed by atoms with E-state index in [0.717, 1.165) is 0 Å². The van der Waals surface area contributed by atoms with Gasteiger partial charge in [0.2, 0.25) is 6.29 Å². The molecule has 5 rings (SSSR count). The third-order valence-corrected chi connectivity index (χ3v) is 7.31. The number of benzene rings is 4. The smallest absolute Gasteiger partial charge is 0.340 e. The lowest BCUT2D eigenvalue weighted by Crippen LogP contribution is -2.47. The fourth-order valence-electron chi connectivity index (χ4n) is 4.76. The lowest BCUT2D eigenvalue weighted by molar-refractivity contribution is -0.141. The Bertz CT molecular complexity index is 1580. The monoisotopic (exact) mass is 594 g/mol. The summed E-state index contributed by atoms with van der Waals surface area (Å²) in [6.07, 6.45) is -3.69. The Morgan fingerprint density at radius 2 is 0.955 bits per heavy atom. The molecule has 1 heterocycles. The van der Waals surface area contributed by atoms with Gasteiger partial charge >= 0.3 is 23.9 Å². The summed E-state index contributed by atoms with van der Waals surface area (Å²) < 4.78 is 29.1. The topological polar surface area (TPSA) is 114 Å². The zero-order chi connectivity index (χ0) is 30.9. The molecule has 0 radical (unpaired) electrons. The van der Waals surface area contributed by atoms with Gasteiger partial charge in [-0.1, -0.05) is 72.8 Å². The summed E-state index contributed by atoms with van der Waals surface area (Å²) in [4.78, 5) is 52.2. The van der Waals surface area contributed by atoms with Gasteiger partial charge in [0.1, 0.15) is 19.3 Å². The van der Waals surface area contributed by atoms with E-state index in [9.17, 15) is 19.2 Å². The highest BCUT2D eigenvalue weighted by Crippen LogP contribution is 2.43. The van der Waals surface area contributed by atoms with Gasteiger partial charge in [0.25, 0.3) is 0 Å². The van der Waals surface area contributed by atoms with Crippen LogP contribution in [0.3, 0.4) is 0 Å². The summed E-state index contributed by atoms with van der Waals surface area (Å²) in [5.74, 6) is -2.66. The molecule has 0 spiro atoms. The predicted octanol–water partition coefficient (Wildman–Crippen LogP) is 5.51. The Morgan fingerprint density at radius 1 is 0.568 bits per heavy atom. The fourth-order valence-corrected chi connectivity index (χ4v) is 4.76. The average molecular weight is 595 g/mol. The Kier molecular flexibility index (Phi) is 9.46. The first-order chi connectivity index (χ1) is 21.3. The van der Waals surface area contributed by atoms with Crippen LogP contribution in [0.25, 0.3) is 0 Å². The number of hydrogen-bond donors (Lipinski definition) is 0. The van der Waals surface area contributed by atoms with Crippen LogP contribution in [0.5, 0.6) is 0 Å². The first-order valence-corrected chi connectivity index (χ1v) is 14.0. The molecule has 4 unspecified atom stereocenters. The molecular weight excluding hydrogens is 564 g/mol. The van der Waals surface area contributed by atoms with E-state index in [1.165, 1.54) is 0 Å². The highest BCUT2D eigenvalue weighted by atomic mass is 16.7. The van der Waals surface area contributed by atoms with Gasteiger partial charge in [-0.3, -0.25) is 0 Å². The van der Waals surface area contributed by atoms with Crippen molar-refractivity contribution in [3.63, 3.8) is 0 Å². The number of esters is 4. The summed E-state index contributed by atoms with van der Waals surface area (Å²) in [6, 6.07) is 33.3. The summed E-state index contributed by atoms with van der Waals surface area (Å²) in [5.41, 5.74) is -0.189. The van der Waals surface area contributed by atoms with Gasteiger partial charge in [0, 0.05) is 0 Å². The van der Waals surface area contributed by atoms with E-state index in [1.54, 1.807) is 128 Å². The molecule has 9 nitrogen and oxygen atoms in total. The zero-order valence-electron chi connectivity index (χ0n) is 23.9. The van der Waals surface area contributed by atoms with Gasteiger partial charge < -0.3 is 23.7 Å². The molecule has 4 aromatic rings. The highest BCUT2D eigenvalue weighted by Gasteiger charge is 2.59. The van der Waals surface area contributed by atoms with E-state index in [0.29, 0.717) is 11.1 Å². The maximum Gasteiger partial charge on any atom is 0.340 e. The van der Waals surface area contributed by atoms with Crippen molar-refractivity contribution < 1.29 is 42.9 Å². The van der Waals surface area contributed by atoms with Crippen molar-refractivity contribution >= 4 is 23.9 Å². The molecule has 1 aliphatic heterocycles. The van der Waals surface area contributed by atoms with Crippen LogP contribution in [-0.4, -0.2) is 55.6 Å². The molecule has 0 saturated carbocycles. The Balaban J connectivity index is 1.45. The largest absolute Gasteiger partial charge is 0.461 e. The van der Waals surface area contributed by atoms with Crippen molar-refractivity contribution in [1.82, 2.24) is 0 Å². The van der Waals surface area contributed by atoms with Gasteiger partial charge in [-0.15, -0.1) is 0 Å². The normalized spacial score (nSPS) is 20.7. The third-order valence-electron chi connectivity index (χ3n) is 7.31. The van der Waals surface area contributed by atoms with Crippen LogP contribution >= 0.6 is 0 Å². The first-order valence-electron chi connectivity index (χ1n) is 14.0. The summed E-state index contributed by atoms with van der Waals surface area (Å²) in [6.45, 7) is 1.03. The van der Waals surface area contributed by atoms with Gasteiger partial charge in [0.05, 0.1) is 27.7 Å². The fraction of sp³-hybridized carbons (Fsp3) is 0.200. The molecule has 1 fully saturated rings. The van der Waals surface area contributed by atoms with E-state index in [2.05, 4.69) is 0 Å². The molecule has 44 heavy (non-hydrogen) atoms. The van der Waals surface area contributed by atoms with E-state index < -0.39 is 47.8 Å². The molecule has 9 heteroatoms. The SMILES string of the molecule is CC1(COC(=O)c2ccccc2)C(COC(=O)c2ccccc2)OC(OC(=O)c2ccccc2)C1OC(=O)c1ccccc1. The van der Waals surface area contributed by atoms with E-state index >= 15 is 0 Å². The van der Waals surface area contributed by atoms with Crippen LogP contribution in [0.15, 0.2) is 121 Å². The van der Waals surface area contributed by atoms with E-state index in [1.807, 2.05) is 0 Å². The second-order valence-corrected chi connectivity index (χ2v) is 10.4.